The van der Waals surface area contributed by atoms with Crippen LogP contribution in [-0.4, -0.2) is 26.2 Å². The minimum atomic E-state index is 0.729. The van der Waals surface area contributed by atoms with E-state index in [1.54, 1.807) is 0 Å². The number of anilines is 1. The van der Waals surface area contributed by atoms with Crippen molar-refractivity contribution in [2.45, 2.75) is 20.3 Å². The van der Waals surface area contributed by atoms with Crippen molar-refractivity contribution in [2.24, 2.45) is 5.92 Å². The van der Waals surface area contributed by atoms with Gasteiger partial charge >= 0.3 is 0 Å². The molecule has 1 aliphatic rings. The van der Waals surface area contributed by atoms with Gasteiger partial charge in [0.15, 0.2) is 0 Å². The van der Waals surface area contributed by atoms with Crippen molar-refractivity contribution in [1.82, 2.24) is 5.32 Å². The zero-order chi connectivity index (χ0) is 11.4. The molecule has 1 atom stereocenters. The summed E-state index contributed by atoms with van der Waals surface area (Å²) in [6.07, 6.45) is 1.12. The molecule has 1 heterocycles. The van der Waals surface area contributed by atoms with E-state index in [2.05, 4.69) is 48.3 Å². The molecule has 0 aromatic heterocycles. The van der Waals surface area contributed by atoms with Crippen molar-refractivity contribution in [3.63, 3.8) is 0 Å². The van der Waals surface area contributed by atoms with Crippen molar-refractivity contribution in [2.75, 3.05) is 31.1 Å². The second kappa shape index (κ2) is 5.35. The maximum absolute atomic E-state index is 3.48. The Morgan fingerprint density at radius 3 is 3.12 bits per heavy atom. The van der Waals surface area contributed by atoms with Crippen molar-refractivity contribution < 1.29 is 0 Å². The highest BCUT2D eigenvalue weighted by Gasteiger charge is 2.14. The predicted molar refractivity (Wildman–Crippen MR) is 70.1 cm³/mol. The van der Waals surface area contributed by atoms with Crippen molar-refractivity contribution in [3.8, 4) is 0 Å². The Kier molecular flexibility index (Phi) is 3.83. The molecule has 2 heteroatoms. The molecule has 0 amide bonds. The molecule has 1 unspecified atom stereocenters. The fraction of sp³-hybridized carbons (Fsp3) is 0.571. The van der Waals surface area contributed by atoms with Gasteiger partial charge in [0.2, 0.25) is 0 Å². The van der Waals surface area contributed by atoms with Crippen LogP contribution in [-0.2, 0) is 6.42 Å². The molecule has 0 radical (unpaired) electrons. The summed E-state index contributed by atoms with van der Waals surface area (Å²) in [6, 6.07) is 8.95. The van der Waals surface area contributed by atoms with Gasteiger partial charge < -0.3 is 10.2 Å². The lowest BCUT2D eigenvalue weighted by molar-refractivity contribution is 0.564. The number of nitrogens with one attached hydrogen (secondary N) is 1. The molecule has 0 aliphatic carbocycles. The van der Waals surface area contributed by atoms with Crippen molar-refractivity contribution >= 4 is 5.69 Å². The zero-order valence-electron chi connectivity index (χ0n) is 10.4. The standard InChI is InChI=1S/C14H22N2/c1-3-13-5-4-6-14(9-13)16-8-7-15-10-12(2)11-16/h4-6,9,12,15H,3,7-8,10-11H2,1-2H3. The second-order valence-corrected chi connectivity index (χ2v) is 4.78. The van der Waals surface area contributed by atoms with Crippen LogP contribution in [0.15, 0.2) is 24.3 Å². The Hall–Kier alpha value is -1.02. The van der Waals surface area contributed by atoms with Gasteiger partial charge in [0.05, 0.1) is 0 Å². The van der Waals surface area contributed by atoms with Gasteiger partial charge in [-0.25, -0.2) is 0 Å². The van der Waals surface area contributed by atoms with Crippen LogP contribution in [0.1, 0.15) is 19.4 Å². The lowest BCUT2D eigenvalue weighted by Crippen LogP contribution is -2.29. The Labute approximate surface area is 98.7 Å². The number of aryl methyl sites for hydroxylation is 1. The quantitative estimate of drug-likeness (QED) is 0.819. The van der Waals surface area contributed by atoms with E-state index in [1.165, 1.54) is 17.8 Å². The molecular weight excluding hydrogens is 196 g/mol. The Morgan fingerprint density at radius 1 is 1.44 bits per heavy atom. The first kappa shape index (κ1) is 11.5. The summed E-state index contributed by atoms with van der Waals surface area (Å²) >= 11 is 0. The molecule has 1 aromatic carbocycles. The largest absolute Gasteiger partial charge is 0.370 e. The van der Waals surface area contributed by atoms with E-state index >= 15 is 0 Å². The van der Waals surface area contributed by atoms with Crippen LogP contribution in [0.3, 0.4) is 0 Å². The smallest absolute Gasteiger partial charge is 0.0369 e. The molecular formula is C14H22N2. The average Bonchev–Trinajstić information content (AvgIpc) is 2.54. The van der Waals surface area contributed by atoms with Crippen LogP contribution in [0.25, 0.3) is 0 Å². The van der Waals surface area contributed by atoms with Crippen LogP contribution >= 0.6 is 0 Å². The van der Waals surface area contributed by atoms with Gasteiger partial charge in [-0.2, -0.15) is 0 Å². The average molecular weight is 218 g/mol. The molecule has 1 aromatic rings. The van der Waals surface area contributed by atoms with E-state index in [4.69, 9.17) is 0 Å². The first-order valence-electron chi connectivity index (χ1n) is 6.34. The Balaban J connectivity index is 2.14. The molecule has 0 bridgehead atoms. The van der Waals surface area contributed by atoms with E-state index in [0.29, 0.717) is 0 Å². The van der Waals surface area contributed by atoms with Crippen LogP contribution in [0, 0.1) is 5.92 Å². The summed E-state index contributed by atoms with van der Waals surface area (Å²) in [5.74, 6) is 0.729. The van der Waals surface area contributed by atoms with Crippen LogP contribution < -0.4 is 10.2 Å². The highest BCUT2D eigenvalue weighted by molar-refractivity contribution is 5.48. The molecule has 1 N–H and O–H groups in total. The summed E-state index contributed by atoms with van der Waals surface area (Å²) in [7, 11) is 0. The predicted octanol–water partition coefficient (Wildman–Crippen LogP) is 2.29. The molecule has 2 nitrogen and oxygen atoms in total. The third-order valence-corrected chi connectivity index (χ3v) is 3.27. The van der Waals surface area contributed by atoms with Crippen LogP contribution in [0.5, 0.6) is 0 Å². The molecule has 88 valence electrons. The topological polar surface area (TPSA) is 15.3 Å². The third-order valence-electron chi connectivity index (χ3n) is 3.27. The van der Waals surface area contributed by atoms with Crippen LogP contribution in [0.4, 0.5) is 5.69 Å². The number of rotatable bonds is 2. The molecule has 1 fully saturated rings. The summed E-state index contributed by atoms with van der Waals surface area (Å²) in [6.45, 7) is 9.06. The normalized spacial score (nSPS) is 21.9. The fourth-order valence-electron chi connectivity index (χ4n) is 2.30. The number of benzene rings is 1. The third kappa shape index (κ3) is 2.76. The SMILES string of the molecule is CCc1cccc(N2CCNCC(C)C2)c1. The van der Waals surface area contributed by atoms with Gasteiger partial charge in [-0.1, -0.05) is 26.0 Å². The van der Waals surface area contributed by atoms with Gasteiger partial charge in [0.25, 0.3) is 0 Å². The number of nitrogens with zero attached hydrogens (tertiary/aromatic N) is 1. The van der Waals surface area contributed by atoms with E-state index in [9.17, 15) is 0 Å². The molecule has 1 aliphatic heterocycles. The summed E-state index contributed by atoms with van der Waals surface area (Å²) in [5.41, 5.74) is 2.82. The van der Waals surface area contributed by atoms with Gasteiger partial charge in [0.1, 0.15) is 0 Å². The first-order valence-corrected chi connectivity index (χ1v) is 6.34. The minimum absolute atomic E-state index is 0.729. The summed E-state index contributed by atoms with van der Waals surface area (Å²) in [5, 5.41) is 3.48. The molecule has 2 rings (SSSR count). The van der Waals surface area contributed by atoms with E-state index in [-0.39, 0.29) is 0 Å². The summed E-state index contributed by atoms with van der Waals surface area (Å²) in [4.78, 5) is 2.50. The number of hydrogen-bond acceptors (Lipinski definition) is 2. The lowest BCUT2D eigenvalue weighted by Gasteiger charge is -2.25. The highest BCUT2D eigenvalue weighted by atomic mass is 15.2. The molecule has 16 heavy (non-hydrogen) atoms. The first-order chi connectivity index (χ1) is 7.79. The van der Waals surface area contributed by atoms with Crippen molar-refractivity contribution in [3.05, 3.63) is 29.8 Å². The van der Waals surface area contributed by atoms with E-state index < -0.39 is 0 Å². The van der Waals surface area contributed by atoms with Crippen molar-refractivity contribution in [1.29, 1.82) is 0 Å². The van der Waals surface area contributed by atoms with E-state index in [0.717, 1.165) is 32.0 Å². The Bertz CT molecular complexity index is 335. The van der Waals surface area contributed by atoms with E-state index in [1.807, 2.05) is 0 Å². The molecule has 0 spiro atoms. The Morgan fingerprint density at radius 2 is 2.31 bits per heavy atom. The minimum Gasteiger partial charge on any atom is -0.370 e. The summed E-state index contributed by atoms with van der Waals surface area (Å²) < 4.78 is 0. The highest BCUT2D eigenvalue weighted by Crippen LogP contribution is 2.18. The molecule has 1 saturated heterocycles. The zero-order valence-corrected chi connectivity index (χ0v) is 10.4. The van der Waals surface area contributed by atoms with Gasteiger partial charge in [-0.15, -0.1) is 0 Å². The fourth-order valence-corrected chi connectivity index (χ4v) is 2.30. The molecule has 0 saturated carbocycles. The maximum atomic E-state index is 3.48. The maximum Gasteiger partial charge on any atom is 0.0369 e. The second-order valence-electron chi connectivity index (χ2n) is 4.78. The lowest BCUT2D eigenvalue weighted by atomic mass is 10.1. The monoisotopic (exact) mass is 218 g/mol. The number of hydrogen-bond donors (Lipinski definition) is 1. The van der Waals surface area contributed by atoms with Gasteiger partial charge in [0, 0.05) is 25.3 Å². The van der Waals surface area contributed by atoms with Crippen LogP contribution in [0.2, 0.25) is 0 Å². The van der Waals surface area contributed by atoms with Gasteiger partial charge in [-0.05, 0) is 36.6 Å². The van der Waals surface area contributed by atoms with Gasteiger partial charge in [-0.3, -0.25) is 0 Å².